The first-order chi connectivity index (χ1) is 8.24. The fraction of sp³-hybridized carbons (Fsp3) is 0.333. The van der Waals surface area contributed by atoms with E-state index in [4.69, 9.17) is 17.0 Å². The Morgan fingerprint density at radius 3 is 2.82 bits per heavy atom. The molecular formula is C12H14N2O2S. The van der Waals surface area contributed by atoms with Crippen LogP contribution in [0.25, 0.3) is 0 Å². The normalized spacial score (nSPS) is 19.3. The molecule has 0 aromatic heterocycles. The predicted octanol–water partition coefficient (Wildman–Crippen LogP) is 1.22. The van der Waals surface area contributed by atoms with Gasteiger partial charge in [0.05, 0.1) is 0 Å². The third-order valence-electron chi connectivity index (χ3n) is 2.54. The van der Waals surface area contributed by atoms with Crippen LogP contribution in [0.4, 0.5) is 0 Å². The lowest BCUT2D eigenvalue weighted by Crippen LogP contribution is -2.48. The zero-order valence-corrected chi connectivity index (χ0v) is 10.1. The molecule has 2 N–H and O–H groups in total. The van der Waals surface area contributed by atoms with Gasteiger partial charge in [0.25, 0.3) is 5.17 Å². The van der Waals surface area contributed by atoms with E-state index in [1.165, 1.54) is 0 Å². The molecule has 17 heavy (non-hydrogen) atoms. The van der Waals surface area contributed by atoms with E-state index in [0.717, 1.165) is 6.42 Å². The smallest absolute Gasteiger partial charge is 0.262 e. The Kier molecular flexibility index (Phi) is 3.93. The van der Waals surface area contributed by atoms with Crippen LogP contribution in [0.1, 0.15) is 12.8 Å². The van der Waals surface area contributed by atoms with Crippen molar-refractivity contribution in [2.24, 2.45) is 0 Å². The minimum atomic E-state index is 0.0953. The van der Waals surface area contributed by atoms with Gasteiger partial charge in [0, 0.05) is 19.0 Å². The van der Waals surface area contributed by atoms with Gasteiger partial charge in [-0.2, -0.15) is 0 Å². The fourth-order valence-corrected chi connectivity index (χ4v) is 1.91. The van der Waals surface area contributed by atoms with Crippen molar-refractivity contribution in [3.8, 4) is 5.75 Å². The Labute approximate surface area is 105 Å². The Bertz CT molecular complexity index is 398. The zero-order valence-electron chi connectivity index (χ0n) is 9.31. The lowest BCUT2D eigenvalue weighted by molar-refractivity contribution is -0.122. The number of nitrogens with one attached hydrogen (secondary N) is 2. The van der Waals surface area contributed by atoms with E-state index in [-0.39, 0.29) is 11.9 Å². The summed E-state index contributed by atoms with van der Waals surface area (Å²) in [5.41, 5.74) is 0. The molecule has 1 aromatic rings. The molecule has 2 rings (SSSR count). The number of benzene rings is 1. The number of amides is 1. The van der Waals surface area contributed by atoms with Crippen LogP contribution in [0.2, 0.25) is 0 Å². The van der Waals surface area contributed by atoms with Crippen LogP contribution >= 0.6 is 12.2 Å². The number of rotatable bonds is 2. The van der Waals surface area contributed by atoms with Crippen LogP contribution in [-0.4, -0.2) is 23.7 Å². The van der Waals surface area contributed by atoms with Crippen molar-refractivity contribution >= 4 is 23.3 Å². The SMILES string of the molecule is O=C1CC[C@H](NC(=S)Oc2ccccc2)CN1. The molecular weight excluding hydrogens is 236 g/mol. The Morgan fingerprint density at radius 2 is 2.18 bits per heavy atom. The number of thiocarbonyl (C=S) groups is 1. The topological polar surface area (TPSA) is 50.4 Å². The van der Waals surface area contributed by atoms with E-state index in [2.05, 4.69) is 10.6 Å². The number of hydrogen-bond donors (Lipinski definition) is 2. The summed E-state index contributed by atoms with van der Waals surface area (Å²) < 4.78 is 5.45. The molecule has 1 saturated heterocycles. The van der Waals surface area contributed by atoms with Crippen molar-refractivity contribution in [2.45, 2.75) is 18.9 Å². The third-order valence-corrected chi connectivity index (χ3v) is 2.74. The number of hydrogen-bond acceptors (Lipinski definition) is 3. The molecule has 1 atom stereocenters. The molecule has 0 aliphatic carbocycles. The summed E-state index contributed by atoms with van der Waals surface area (Å²) in [7, 11) is 0. The van der Waals surface area contributed by atoms with Gasteiger partial charge in [-0.05, 0) is 30.8 Å². The van der Waals surface area contributed by atoms with Crippen LogP contribution in [0.15, 0.2) is 30.3 Å². The van der Waals surface area contributed by atoms with Crippen molar-refractivity contribution < 1.29 is 9.53 Å². The van der Waals surface area contributed by atoms with Crippen molar-refractivity contribution in [2.75, 3.05) is 6.54 Å². The van der Waals surface area contributed by atoms with E-state index in [1.807, 2.05) is 30.3 Å². The van der Waals surface area contributed by atoms with Crippen LogP contribution in [0.5, 0.6) is 5.75 Å². The van der Waals surface area contributed by atoms with E-state index < -0.39 is 0 Å². The van der Waals surface area contributed by atoms with Crippen molar-refractivity contribution in [1.82, 2.24) is 10.6 Å². The highest BCUT2D eigenvalue weighted by molar-refractivity contribution is 7.80. The van der Waals surface area contributed by atoms with E-state index >= 15 is 0 Å². The Morgan fingerprint density at radius 1 is 1.41 bits per heavy atom. The molecule has 1 fully saturated rings. The predicted molar refractivity (Wildman–Crippen MR) is 68.8 cm³/mol. The van der Waals surface area contributed by atoms with Gasteiger partial charge >= 0.3 is 0 Å². The zero-order chi connectivity index (χ0) is 12.1. The second kappa shape index (κ2) is 5.63. The van der Waals surface area contributed by atoms with E-state index in [0.29, 0.717) is 23.9 Å². The molecule has 1 heterocycles. The van der Waals surface area contributed by atoms with E-state index in [1.54, 1.807) is 0 Å². The number of piperidine rings is 1. The molecule has 0 unspecified atom stereocenters. The average Bonchev–Trinajstić information content (AvgIpc) is 2.33. The minimum absolute atomic E-state index is 0.0953. The molecule has 4 nitrogen and oxygen atoms in total. The standard InChI is InChI=1S/C12H14N2O2S/c15-11-7-6-9(8-13-11)14-12(17)16-10-4-2-1-3-5-10/h1-5,9H,6-8H2,(H,13,15)(H,14,17)/t9-/m0/s1. The number of carbonyl (C=O) groups excluding carboxylic acids is 1. The third kappa shape index (κ3) is 3.71. The van der Waals surface area contributed by atoms with E-state index in [9.17, 15) is 4.79 Å². The monoisotopic (exact) mass is 250 g/mol. The van der Waals surface area contributed by atoms with Crippen molar-refractivity contribution in [3.63, 3.8) is 0 Å². The first-order valence-corrected chi connectivity index (χ1v) is 5.95. The Hall–Kier alpha value is -1.62. The molecule has 0 bridgehead atoms. The van der Waals surface area contributed by atoms with Crippen molar-refractivity contribution in [1.29, 1.82) is 0 Å². The number of carbonyl (C=O) groups is 1. The summed E-state index contributed by atoms with van der Waals surface area (Å²) in [5, 5.41) is 6.21. The first kappa shape index (κ1) is 11.9. The summed E-state index contributed by atoms with van der Waals surface area (Å²) in [6.45, 7) is 0.594. The summed E-state index contributed by atoms with van der Waals surface area (Å²) in [6, 6.07) is 9.54. The van der Waals surface area contributed by atoms with Crippen LogP contribution in [0, 0.1) is 0 Å². The number of ether oxygens (including phenoxy) is 1. The molecule has 1 aromatic carbocycles. The van der Waals surface area contributed by atoms with Gasteiger partial charge in [-0.25, -0.2) is 0 Å². The fourth-order valence-electron chi connectivity index (χ4n) is 1.65. The highest BCUT2D eigenvalue weighted by atomic mass is 32.1. The average molecular weight is 250 g/mol. The molecule has 5 heteroatoms. The highest BCUT2D eigenvalue weighted by Gasteiger charge is 2.18. The largest absolute Gasteiger partial charge is 0.432 e. The maximum Gasteiger partial charge on any atom is 0.262 e. The maximum atomic E-state index is 11.0. The lowest BCUT2D eigenvalue weighted by Gasteiger charge is -2.24. The van der Waals surface area contributed by atoms with Crippen molar-refractivity contribution in [3.05, 3.63) is 30.3 Å². The van der Waals surface area contributed by atoms with Gasteiger partial charge in [0.1, 0.15) is 5.75 Å². The lowest BCUT2D eigenvalue weighted by atomic mass is 10.1. The second-order valence-corrected chi connectivity index (χ2v) is 4.26. The quantitative estimate of drug-likeness (QED) is 0.775. The number of para-hydroxylation sites is 1. The Balaban J connectivity index is 1.80. The van der Waals surface area contributed by atoms with Crippen LogP contribution in [0.3, 0.4) is 0 Å². The molecule has 0 spiro atoms. The second-order valence-electron chi connectivity index (χ2n) is 3.89. The van der Waals surface area contributed by atoms with Gasteiger partial charge in [-0.15, -0.1) is 0 Å². The summed E-state index contributed by atoms with van der Waals surface area (Å²) in [6.07, 6.45) is 1.32. The van der Waals surface area contributed by atoms with Crippen LogP contribution < -0.4 is 15.4 Å². The molecule has 0 saturated carbocycles. The maximum absolute atomic E-state index is 11.0. The molecule has 1 aliphatic heterocycles. The van der Waals surface area contributed by atoms with Gasteiger partial charge in [-0.1, -0.05) is 18.2 Å². The summed E-state index contributed by atoms with van der Waals surface area (Å²) in [4.78, 5) is 11.0. The highest BCUT2D eigenvalue weighted by Crippen LogP contribution is 2.09. The molecule has 1 aliphatic rings. The van der Waals surface area contributed by atoms with Crippen LogP contribution in [-0.2, 0) is 4.79 Å². The van der Waals surface area contributed by atoms with Gasteiger partial charge < -0.3 is 15.4 Å². The minimum Gasteiger partial charge on any atom is -0.432 e. The molecule has 90 valence electrons. The van der Waals surface area contributed by atoms with Gasteiger partial charge in [-0.3, -0.25) is 4.79 Å². The molecule has 0 radical (unpaired) electrons. The summed E-state index contributed by atoms with van der Waals surface area (Å²) >= 11 is 5.10. The van der Waals surface area contributed by atoms with Gasteiger partial charge in [0.15, 0.2) is 0 Å². The molecule has 1 amide bonds. The summed E-state index contributed by atoms with van der Waals surface area (Å²) in [5.74, 6) is 0.808. The first-order valence-electron chi connectivity index (χ1n) is 5.54. The van der Waals surface area contributed by atoms with Gasteiger partial charge in [0.2, 0.25) is 5.91 Å².